The van der Waals surface area contributed by atoms with Crippen LogP contribution in [-0.4, -0.2) is 18.5 Å². The fraction of sp³-hybridized carbons (Fsp3) is 0.350. The molecule has 3 rings (SSSR count). The van der Waals surface area contributed by atoms with Crippen molar-refractivity contribution in [3.8, 4) is 6.07 Å². The minimum absolute atomic E-state index is 0.373. The molecular weight excluding hydrogens is 348 g/mol. The number of fused-ring (bicyclic) bond motifs is 1. The zero-order chi connectivity index (χ0) is 18.5. The molecule has 6 heteroatoms. The van der Waals surface area contributed by atoms with Crippen LogP contribution < -0.4 is 5.32 Å². The third kappa shape index (κ3) is 3.94. The summed E-state index contributed by atoms with van der Waals surface area (Å²) in [6, 6.07) is 9.32. The van der Waals surface area contributed by atoms with E-state index in [0.717, 1.165) is 43.2 Å². The smallest absolute Gasteiger partial charge is 0.338 e. The number of nitriles is 1. The average Bonchev–Trinajstić information content (AvgIpc) is 3.03. The van der Waals surface area contributed by atoms with E-state index in [2.05, 4.69) is 11.4 Å². The molecule has 0 radical (unpaired) electrons. The van der Waals surface area contributed by atoms with Crippen LogP contribution in [0.15, 0.2) is 24.3 Å². The van der Waals surface area contributed by atoms with Gasteiger partial charge in [-0.3, -0.25) is 4.79 Å². The highest BCUT2D eigenvalue weighted by Gasteiger charge is 2.22. The highest BCUT2D eigenvalue weighted by molar-refractivity contribution is 7.16. The predicted octanol–water partition coefficient (Wildman–Crippen LogP) is 3.86. The van der Waals surface area contributed by atoms with Crippen LogP contribution in [0.5, 0.6) is 0 Å². The lowest BCUT2D eigenvalue weighted by Gasteiger charge is -2.09. The van der Waals surface area contributed by atoms with Crippen molar-refractivity contribution in [2.45, 2.75) is 39.0 Å². The van der Waals surface area contributed by atoms with Gasteiger partial charge in [-0.15, -0.1) is 11.3 Å². The Kier molecular flexibility index (Phi) is 5.69. The first kappa shape index (κ1) is 18.2. The lowest BCUT2D eigenvalue weighted by atomic mass is 9.96. The van der Waals surface area contributed by atoms with Gasteiger partial charge in [-0.05, 0) is 55.4 Å². The Bertz CT molecular complexity index is 862. The van der Waals surface area contributed by atoms with Crippen molar-refractivity contribution in [1.82, 2.24) is 0 Å². The van der Waals surface area contributed by atoms with Gasteiger partial charge < -0.3 is 10.1 Å². The van der Waals surface area contributed by atoms with Crippen LogP contribution in [0.3, 0.4) is 0 Å². The highest BCUT2D eigenvalue weighted by atomic mass is 32.1. The molecule has 0 atom stereocenters. The molecule has 0 bridgehead atoms. The molecular formula is C20H20N2O3S. The molecule has 5 nitrogen and oxygen atoms in total. The first-order valence-corrected chi connectivity index (χ1v) is 9.54. The summed E-state index contributed by atoms with van der Waals surface area (Å²) in [5, 5.41) is 12.7. The number of anilines is 1. The maximum absolute atomic E-state index is 12.1. The number of nitrogens with one attached hydrogen (secondary N) is 1. The Labute approximate surface area is 156 Å². The Morgan fingerprint density at radius 3 is 2.65 bits per heavy atom. The molecule has 0 spiro atoms. The molecule has 2 aromatic rings. The molecule has 0 unspecified atom stereocenters. The van der Waals surface area contributed by atoms with E-state index in [1.165, 1.54) is 16.2 Å². The van der Waals surface area contributed by atoms with Gasteiger partial charge in [0.1, 0.15) is 11.1 Å². The standard InChI is InChI=1S/C20H20N2O3S/c1-2-13-7-9-14(10-8-13)20(24)25-12-18(23)22-19-16(11-21)15-5-3-4-6-17(15)26-19/h7-10H,2-6,12H2,1H3,(H,22,23). The summed E-state index contributed by atoms with van der Waals surface area (Å²) in [5.41, 5.74) is 3.16. The lowest BCUT2D eigenvalue weighted by molar-refractivity contribution is -0.119. The van der Waals surface area contributed by atoms with Crippen LogP contribution in [0.2, 0.25) is 0 Å². The van der Waals surface area contributed by atoms with Gasteiger partial charge in [0.25, 0.3) is 5.91 Å². The minimum Gasteiger partial charge on any atom is -0.452 e. The van der Waals surface area contributed by atoms with E-state index < -0.39 is 11.9 Å². The topological polar surface area (TPSA) is 79.2 Å². The minimum atomic E-state index is -0.534. The third-order valence-electron chi connectivity index (χ3n) is 4.47. The summed E-state index contributed by atoms with van der Waals surface area (Å²) in [6.45, 7) is 1.66. The largest absolute Gasteiger partial charge is 0.452 e. The van der Waals surface area contributed by atoms with E-state index in [9.17, 15) is 14.9 Å². The molecule has 0 fully saturated rings. The number of amides is 1. The number of carbonyl (C=O) groups excluding carboxylic acids is 2. The van der Waals surface area contributed by atoms with Crippen molar-refractivity contribution in [3.05, 3.63) is 51.4 Å². The van der Waals surface area contributed by atoms with Gasteiger partial charge in [0.15, 0.2) is 6.61 Å². The maximum Gasteiger partial charge on any atom is 0.338 e. The molecule has 26 heavy (non-hydrogen) atoms. The average molecular weight is 368 g/mol. The fourth-order valence-electron chi connectivity index (χ4n) is 3.03. The summed E-state index contributed by atoms with van der Waals surface area (Å²) in [5.74, 6) is -0.965. The number of ether oxygens (including phenoxy) is 1. The van der Waals surface area contributed by atoms with Crippen LogP contribution >= 0.6 is 11.3 Å². The molecule has 1 amide bonds. The number of hydrogen-bond acceptors (Lipinski definition) is 5. The van der Waals surface area contributed by atoms with Gasteiger partial charge in [0.05, 0.1) is 11.1 Å². The van der Waals surface area contributed by atoms with Gasteiger partial charge in [0, 0.05) is 4.88 Å². The second kappa shape index (κ2) is 8.15. The van der Waals surface area contributed by atoms with E-state index in [4.69, 9.17) is 4.74 Å². The molecule has 134 valence electrons. The zero-order valence-corrected chi connectivity index (χ0v) is 15.4. The molecule has 0 saturated carbocycles. The molecule has 1 N–H and O–H groups in total. The lowest BCUT2D eigenvalue weighted by Crippen LogP contribution is -2.20. The molecule has 1 heterocycles. The Morgan fingerprint density at radius 1 is 1.23 bits per heavy atom. The number of hydrogen-bond donors (Lipinski definition) is 1. The number of aryl methyl sites for hydroxylation is 2. The normalized spacial score (nSPS) is 12.8. The van der Waals surface area contributed by atoms with Gasteiger partial charge in [-0.1, -0.05) is 19.1 Å². The highest BCUT2D eigenvalue weighted by Crippen LogP contribution is 2.37. The second-order valence-corrected chi connectivity index (χ2v) is 7.31. The Balaban J connectivity index is 1.60. The Morgan fingerprint density at radius 2 is 1.96 bits per heavy atom. The van der Waals surface area contributed by atoms with Gasteiger partial charge in [-0.2, -0.15) is 5.26 Å². The van der Waals surface area contributed by atoms with Crippen molar-refractivity contribution < 1.29 is 14.3 Å². The predicted molar refractivity (Wildman–Crippen MR) is 100 cm³/mol. The quantitative estimate of drug-likeness (QED) is 0.813. The van der Waals surface area contributed by atoms with Gasteiger partial charge >= 0.3 is 5.97 Å². The van der Waals surface area contributed by atoms with E-state index in [1.807, 2.05) is 19.1 Å². The van der Waals surface area contributed by atoms with Crippen molar-refractivity contribution in [2.75, 3.05) is 11.9 Å². The van der Waals surface area contributed by atoms with Gasteiger partial charge in [-0.25, -0.2) is 4.79 Å². The SMILES string of the molecule is CCc1ccc(C(=O)OCC(=O)Nc2sc3c(c2C#N)CCCC3)cc1. The summed E-state index contributed by atoms with van der Waals surface area (Å²) < 4.78 is 5.08. The second-order valence-electron chi connectivity index (χ2n) is 6.20. The monoisotopic (exact) mass is 368 g/mol. The Hall–Kier alpha value is -2.65. The van der Waals surface area contributed by atoms with Crippen molar-refractivity contribution in [2.24, 2.45) is 0 Å². The summed E-state index contributed by atoms with van der Waals surface area (Å²) >= 11 is 1.45. The number of rotatable bonds is 5. The molecule has 1 aromatic heterocycles. The van der Waals surface area contributed by atoms with Crippen LogP contribution in [0.1, 0.15) is 51.7 Å². The summed E-state index contributed by atoms with van der Waals surface area (Å²) in [4.78, 5) is 25.3. The number of benzene rings is 1. The molecule has 0 aliphatic heterocycles. The molecule has 1 aromatic carbocycles. The van der Waals surface area contributed by atoms with Crippen molar-refractivity contribution in [1.29, 1.82) is 5.26 Å². The van der Waals surface area contributed by atoms with Crippen molar-refractivity contribution in [3.63, 3.8) is 0 Å². The first-order valence-electron chi connectivity index (χ1n) is 8.73. The molecule has 1 aliphatic carbocycles. The van der Waals surface area contributed by atoms with E-state index in [-0.39, 0.29) is 6.61 Å². The maximum atomic E-state index is 12.1. The number of nitrogens with zero attached hydrogens (tertiary/aromatic N) is 1. The van der Waals surface area contributed by atoms with E-state index in [0.29, 0.717) is 16.1 Å². The van der Waals surface area contributed by atoms with Crippen molar-refractivity contribution >= 4 is 28.2 Å². The van der Waals surface area contributed by atoms with Gasteiger partial charge in [0.2, 0.25) is 0 Å². The van der Waals surface area contributed by atoms with E-state index >= 15 is 0 Å². The summed E-state index contributed by atoms with van der Waals surface area (Å²) in [7, 11) is 0. The van der Waals surface area contributed by atoms with Crippen LogP contribution in [0.4, 0.5) is 5.00 Å². The number of carbonyl (C=O) groups is 2. The van der Waals surface area contributed by atoms with E-state index in [1.54, 1.807) is 12.1 Å². The molecule has 1 aliphatic rings. The fourth-order valence-corrected chi connectivity index (χ4v) is 4.28. The van der Waals surface area contributed by atoms with Crippen LogP contribution in [0, 0.1) is 11.3 Å². The first-order chi connectivity index (χ1) is 12.6. The van der Waals surface area contributed by atoms with Crippen LogP contribution in [-0.2, 0) is 28.8 Å². The zero-order valence-electron chi connectivity index (χ0n) is 14.6. The third-order valence-corrected chi connectivity index (χ3v) is 5.68. The number of thiophene rings is 1. The van der Waals surface area contributed by atoms with Crippen LogP contribution in [0.25, 0.3) is 0 Å². The number of esters is 1. The molecule has 0 saturated heterocycles. The summed E-state index contributed by atoms with van der Waals surface area (Å²) in [6.07, 6.45) is 4.91.